The Morgan fingerprint density at radius 1 is 1.07 bits per heavy atom. The van der Waals surface area contributed by atoms with Crippen molar-refractivity contribution in [1.29, 1.82) is 0 Å². The van der Waals surface area contributed by atoms with Gasteiger partial charge in [0.25, 0.3) is 5.91 Å². The van der Waals surface area contributed by atoms with Crippen molar-refractivity contribution in [2.45, 2.75) is 19.2 Å². The van der Waals surface area contributed by atoms with Gasteiger partial charge in [0.1, 0.15) is 18.5 Å². The maximum Gasteiger partial charge on any atom is 0.416 e. The fourth-order valence-corrected chi connectivity index (χ4v) is 3.37. The highest BCUT2D eigenvalue weighted by Crippen LogP contribution is 2.29. The minimum atomic E-state index is -4.42. The number of aryl methyl sites for hydroxylation is 1. The summed E-state index contributed by atoms with van der Waals surface area (Å²) in [4.78, 5) is 16.2. The number of aliphatic hydroxyl groups is 1. The van der Waals surface area contributed by atoms with E-state index < -0.39 is 17.8 Å². The molecule has 1 aliphatic rings. The topological polar surface area (TPSA) is 53.0 Å². The number of benzene rings is 2. The third kappa shape index (κ3) is 5.73. The normalized spacial score (nSPS) is 16.4. The van der Waals surface area contributed by atoms with E-state index in [1.54, 1.807) is 4.90 Å². The quantitative estimate of drug-likeness (QED) is 0.777. The number of halogens is 3. The Morgan fingerprint density at radius 2 is 1.70 bits per heavy atom. The number of aliphatic hydroxyl groups excluding tert-OH is 1. The fourth-order valence-electron chi connectivity index (χ4n) is 3.37. The van der Waals surface area contributed by atoms with Gasteiger partial charge in [0.05, 0.1) is 5.56 Å². The molecule has 1 heterocycles. The van der Waals surface area contributed by atoms with Gasteiger partial charge in [-0.1, -0.05) is 18.2 Å². The van der Waals surface area contributed by atoms with Crippen LogP contribution in [-0.4, -0.2) is 66.2 Å². The summed E-state index contributed by atoms with van der Waals surface area (Å²) >= 11 is 0. The van der Waals surface area contributed by atoms with Crippen LogP contribution >= 0.6 is 0 Å². The molecule has 1 atom stereocenters. The lowest BCUT2D eigenvalue weighted by molar-refractivity contribution is -0.137. The molecule has 0 bridgehead atoms. The Morgan fingerprint density at radius 3 is 2.30 bits per heavy atom. The molecule has 0 radical (unpaired) electrons. The highest BCUT2D eigenvalue weighted by molar-refractivity contribution is 5.94. The largest absolute Gasteiger partial charge is 0.491 e. The van der Waals surface area contributed by atoms with E-state index in [0.29, 0.717) is 32.7 Å². The summed E-state index contributed by atoms with van der Waals surface area (Å²) < 4.78 is 43.7. The molecule has 0 spiro atoms. The first kappa shape index (κ1) is 22.1. The van der Waals surface area contributed by atoms with Crippen molar-refractivity contribution in [3.05, 3.63) is 65.2 Å². The highest BCUT2D eigenvalue weighted by Gasteiger charge is 2.31. The zero-order chi connectivity index (χ0) is 21.7. The number of para-hydroxylation sites is 1. The molecule has 30 heavy (non-hydrogen) atoms. The van der Waals surface area contributed by atoms with E-state index in [0.717, 1.165) is 23.4 Å². The van der Waals surface area contributed by atoms with Crippen LogP contribution in [0.3, 0.4) is 0 Å². The van der Waals surface area contributed by atoms with Gasteiger partial charge in [-0.2, -0.15) is 13.2 Å². The lowest BCUT2D eigenvalue weighted by Gasteiger charge is -2.35. The molecular weight excluding hydrogens is 397 g/mol. The lowest BCUT2D eigenvalue weighted by Crippen LogP contribution is -2.51. The van der Waals surface area contributed by atoms with Crippen LogP contribution in [0.4, 0.5) is 13.2 Å². The van der Waals surface area contributed by atoms with Crippen molar-refractivity contribution in [3.8, 4) is 5.75 Å². The highest BCUT2D eigenvalue weighted by atomic mass is 19.4. The molecule has 0 aromatic heterocycles. The number of carbonyl (C=O) groups excluding carboxylic acids is 1. The average molecular weight is 422 g/mol. The van der Waals surface area contributed by atoms with Crippen molar-refractivity contribution in [2.75, 3.05) is 39.3 Å². The zero-order valence-corrected chi connectivity index (χ0v) is 16.7. The summed E-state index contributed by atoms with van der Waals surface area (Å²) in [5.41, 5.74) is 0.467. The molecule has 1 unspecified atom stereocenters. The van der Waals surface area contributed by atoms with Gasteiger partial charge in [0, 0.05) is 38.3 Å². The summed E-state index contributed by atoms with van der Waals surface area (Å²) in [6.45, 7) is 4.59. The second-order valence-electron chi connectivity index (χ2n) is 7.40. The molecule has 1 saturated heterocycles. The molecule has 0 aliphatic carbocycles. The van der Waals surface area contributed by atoms with Gasteiger partial charge < -0.3 is 14.7 Å². The maximum absolute atomic E-state index is 12.7. The van der Waals surface area contributed by atoms with Gasteiger partial charge in [0.15, 0.2) is 0 Å². The second kappa shape index (κ2) is 9.49. The second-order valence-corrected chi connectivity index (χ2v) is 7.40. The van der Waals surface area contributed by atoms with E-state index in [1.165, 1.54) is 12.1 Å². The number of β-amino-alcohol motifs (C(OH)–C–C–N with tert-alkyl or cyclic N) is 1. The van der Waals surface area contributed by atoms with Gasteiger partial charge >= 0.3 is 6.18 Å². The lowest BCUT2D eigenvalue weighted by atomic mass is 10.1. The minimum absolute atomic E-state index is 0.176. The van der Waals surface area contributed by atoms with Crippen LogP contribution in [0, 0.1) is 6.92 Å². The van der Waals surface area contributed by atoms with E-state index >= 15 is 0 Å². The van der Waals surface area contributed by atoms with Crippen molar-refractivity contribution < 1.29 is 27.8 Å². The van der Waals surface area contributed by atoms with Gasteiger partial charge in [-0.25, -0.2) is 0 Å². The Balaban J connectivity index is 1.45. The Labute approximate surface area is 173 Å². The van der Waals surface area contributed by atoms with Gasteiger partial charge in [-0.3, -0.25) is 9.69 Å². The van der Waals surface area contributed by atoms with E-state index in [1.807, 2.05) is 36.1 Å². The summed E-state index contributed by atoms with van der Waals surface area (Å²) in [5.74, 6) is 0.454. The summed E-state index contributed by atoms with van der Waals surface area (Å²) in [6, 6.07) is 11.9. The van der Waals surface area contributed by atoms with Crippen LogP contribution in [0.25, 0.3) is 0 Å². The molecular formula is C22H25F3N2O3. The number of amides is 1. The Bertz CT molecular complexity index is 847. The molecule has 162 valence electrons. The molecule has 0 saturated carbocycles. The number of nitrogens with zero attached hydrogens (tertiary/aromatic N) is 2. The smallest absolute Gasteiger partial charge is 0.416 e. The number of ether oxygens (including phenoxy) is 1. The van der Waals surface area contributed by atoms with Crippen LogP contribution < -0.4 is 4.74 Å². The molecule has 2 aromatic rings. The monoisotopic (exact) mass is 422 g/mol. The number of hydrogen-bond acceptors (Lipinski definition) is 4. The van der Waals surface area contributed by atoms with Crippen molar-refractivity contribution in [2.24, 2.45) is 0 Å². The number of rotatable bonds is 6. The van der Waals surface area contributed by atoms with Gasteiger partial charge in [-0.15, -0.1) is 0 Å². The molecule has 1 aliphatic heterocycles. The maximum atomic E-state index is 12.7. The van der Waals surface area contributed by atoms with Crippen LogP contribution in [-0.2, 0) is 6.18 Å². The molecule has 2 aromatic carbocycles. The number of piperazine rings is 1. The molecule has 8 heteroatoms. The number of alkyl halides is 3. The van der Waals surface area contributed by atoms with Crippen LogP contribution in [0.15, 0.2) is 48.5 Å². The SMILES string of the molecule is Cc1ccccc1OCC(O)CN1CCN(C(=O)c2ccc(C(F)(F)F)cc2)CC1. The van der Waals surface area contributed by atoms with Crippen molar-refractivity contribution in [1.82, 2.24) is 9.80 Å². The average Bonchev–Trinajstić information content (AvgIpc) is 2.73. The third-order valence-corrected chi connectivity index (χ3v) is 5.11. The van der Waals surface area contributed by atoms with Gasteiger partial charge in [0.2, 0.25) is 0 Å². The standard InChI is InChI=1S/C22H25F3N2O3/c1-16-4-2-3-5-20(16)30-15-19(28)14-26-10-12-27(13-11-26)21(29)17-6-8-18(9-7-17)22(23,24)25/h2-9,19,28H,10-15H2,1H3. The summed E-state index contributed by atoms with van der Waals surface area (Å²) in [6.07, 6.45) is -5.08. The van der Waals surface area contributed by atoms with Crippen LogP contribution in [0.5, 0.6) is 5.75 Å². The van der Waals surface area contributed by atoms with Crippen molar-refractivity contribution in [3.63, 3.8) is 0 Å². The zero-order valence-electron chi connectivity index (χ0n) is 16.7. The van der Waals surface area contributed by atoms with Crippen LogP contribution in [0.2, 0.25) is 0 Å². The molecule has 1 amide bonds. The van der Waals surface area contributed by atoms with Crippen molar-refractivity contribution >= 4 is 5.91 Å². The fraction of sp³-hybridized carbons (Fsp3) is 0.409. The first-order valence-electron chi connectivity index (χ1n) is 9.79. The van der Waals surface area contributed by atoms with E-state index in [-0.39, 0.29) is 18.1 Å². The van der Waals surface area contributed by atoms with E-state index in [4.69, 9.17) is 4.74 Å². The first-order valence-corrected chi connectivity index (χ1v) is 9.79. The molecule has 1 fully saturated rings. The number of hydrogen-bond donors (Lipinski definition) is 1. The van der Waals surface area contributed by atoms with E-state index in [2.05, 4.69) is 0 Å². The van der Waals surface area contributed by atoms with E-state index in [9.17, 15) is 23.1 Å². The molecule has 5 nitrogen and oxygen atoms in total. The summed E-state index contributed by atoms with van der Waals surface area (Å²) in [7, 11) is 0. The Hall–Kier alpha value is -2.58. The molecule has 1 N–H and O–H groups in total. The third-order valence-electron chi connectivity index (χ3n) is 5.11. The van der Waals surface area contributed by atoms with Gasteiger partial charge in [-0.05, 0) is 42.8 Å². The Kier molecular flexibility index (Phi) is 6.99. The predicted molar refractivity (Wildman–Crippen MR) is 106 cm³/mol. The molecule has 3 rings (SSSR count). The first-order chi connectivity index (χ1) is 14.2. The van der Waals surface area contributed by atoms with Crippen LogP contribution in [0.1, 0.15) is 21.5 Å². The summed E-state index contributed by atoms with van der Waals surface area (Å²) in [5, 5.41) is 10.3. The minimum Gasteiger partial charge on any atom is -0.491 e. The predicted octanol–water partition coefficient (Wildman–Crippen LogP) is 3.21. The number of carbonyl (C=O) groups is 1.